The zero-order chi connectivity index (χ0) is 24.8. The molecule has 220 valence electrons. The van der Waals surface area contributed by atoms with Crippen LogP contribution in [-0.2, 0) is 38.0 Å². The van der Waals surface area contributed by atoms with Gasteiger partial charge in [-0.3, -0.25) is 9.59 Å². The van der Waals surface area contributed by atoms with Crippen LogP contribution in [0.4, 0.5) is 0 Å². The van der Waals surface area contributed by atoms with E-state index in [9.17, 15) is 9.59 Å². The summed E-state index contributed by atoms with van der Waals surface area (Å²) in [5, 5.41) is 0. The lowest BCUT2D eigenvalue weighted by atomic mass is 9.91. The molecule has 36 heavy (non-hydrogen) atoms. The van der Waals surface area contributed by atoms with Crippen LogP contribution in [0.15, 0.2) is 0 Å². The van der Waals surface area contributed by atoms with Crippen molar-refractivity contribution in [2.45, 2.75) is 136 Å². The Bertz CT molecular complexity index is 571. The summed E-state index contributed by atoms with van der Waals surface area (Å²) in [7, 11) is 0. The van der Waals surface area contributed by atoms with Gasteiger partial charge in [0.1, 0.15) is 25.4 Å². The maximum atomic E-state index is 11.7. The van der Waals surface area contributed by atoms with Gasteiger partial charge >= 0.3 is 11.9 Å². The van der Waals surface area contributed by atoms with Crippen LogP contribution in [0, 0.1) is 10.8 Å². The number of hydrogen-bond donors (Lipinski definition) is 0. The molecule has 2 atom stereocenters. The molecule has 2 aliphatic rings. The van der Waals surface area contributed by atoms with E-state index in [0.717, 1.165) is 12.8 Å². The number of carbonyl (C=O) groups excluding carboxylic acids is 2. The number of carbonyl (C=O) groups is 2. The molecule has 8 nitrogen and oxygen atoms in total. The van der Waals surface area contributed by atoms with E-state index in [2.05, 4.69) is 0 Å². The molecule has 0 aliphatic carbocycles. The van der Waals surface area contributed by atoms with Gasteiger partial charge in [-0.25, -0.2) is 0 Å². The smallest absolute Gasteiger partial charge is 0.311 e. The molecular weight excluding hydrogens is 464 g/mol. The maximum absolute atomic E-state index is 11.7. The highest BCUT2D eigenvalue weighted by molar-refractivity contribution is 5.76. The van der Waals surface area contributed by atoms with Crippen LogP contribution in [0.25, 0.3) is 0 Å². The zero-order valence-electron chi connectivity index (χ0n) is 21.7. The van der Waals surface area contributed by atoms with Gasteiger partial charge in [-0.05, 0) is 68.2 Å². The van der Waals surface area contributed by atoms with Crippen molar-refractivity contribution < 1.29 is 38.0 Å². The first kappa shape index (κ1) is 41.9. The molecule has 0 radical (unpaired) electrons. The molecule has 8 heteroatoms. The second-order valence-corrected chi connectivity index (χ2v) is 10.6. The van der Waals surface area contributed by atoms with Gasteiger partial charge in [-0.15, -0.1) is 0 Å². The van der Waals surface area contributed by atoms with Crippen LogP contribution >= 0.6 is 0 Å². The average molecular weight is 525 g/mol. The molecule has 2 aliphatic heterocycles. The van der Waals surface area contributed by atoms with E-state index in [4.69, 9.17) is 28.4 Å². The summed E-state index contributed by atoms with van der Waals surface area (Å²) in [5.41, 5.74) is -0.843. The third-order valence-electron chi connectivity index (χ3n) is 5.81. The molecule has 0 spiro atoms. The Morgan fingerprint density at radius 3 is 1.17 bits per heavy atom. The van der Waals surface area contributed by atoms with Crippen molar-refractivity contribution in [1.82, 2.24) is 0 Å². The summed E-state index contributed by atoms with van der Waals surface area (Å²) in [6.07, 6.45) is 1.23. The van der Waals surface area contributed by atoms with Crippen LogP contribution in [0.1, 0.15) is 112 Å². The number of esters is 2. The van der Waals surface area contributed by atoms with Gasteiger partial charge in [0.15, 0.2) is 11.6 Å². The lowest BCUT2D eigenvalue weighted by molar-refractivity contribution is -0.165. The Balaban J connectivity index is -0.000000256. The highest BCUT2D eigenvalue weighted by atomic mass is 16.8. The van der Waals surface area contributed by atoms with Crippen molar-refractivity contribution in [3.8, 4) is 0 Å². The predicted molar refractivity (Wildman–Crippen MR) is 147 cm³/mol. The Labute approximate surface area is 223 Å². The maximum Gasteiger partial charge on any atom is 0.311 e. The molecule has 0 bridgehead atoms. The minimum absolute atomic E-state index is 0. The number of rotatable bonds is 8. The Morgan fingerprint density at radius 2 is 0.972 bits per heavy atom. The fourth-order valence-electron chi connectivity index (χ4n) is 2.71. The topological polar surface area (TPSA) is 89.5 Å². The van der Waals surface area contributed by atoms with Crippen molar-refractivity contribution in [3.63, 3.8) is 0 Å². The zero-order valence-corrected chi connectivity index (χ0v) is 21.7. The minimum Gasteiger partial charge on any atom is -0.462 e. The van der Waals surface area contributed by atoms with Crippen LogP contribution in [-0.4, -0.2) is 62.1 Å². The summed E-state index contributed by atoms with van der Waals surface area (Å²) < 4.78 is 32.3. The van der Waals surface area contributed by atoms with Crippen LogP contribution in [0.2, 0.25) is 0 Å². The average Bonchev–Trinajstić information content (AvgIpc) is 3.24. The van der Waals surface area contributed by atoms with E-state index in [0.29, 0.717) is 13.2 Å². The van der Waals surface area contributed by atoms with Crippen LogP contribution in [0.3, 0.4) is 0 Å². The van der Waals surface area contributed by atoms with Gasteiger partial charge in [-0.1, -0.05) is 43.6 Å². The first-order chi connectivity index (χ1) is 14.5. The Kier molecular flexibility index (Phi) is 19.3. The second kappa shape index (κ2) is 16.6. The first-order valence-corrected chi connectivity index (χ1v) is 11.5. The van der Waals surface area contributed by atoms with Gasteiger partial charge < -0.3 is 28.4 Å². The standard InChI is InChI=1S/2C12H22O4.4CH4/c2*1-6-11(2,3)10(13)14-7-9-8-15-12(4,5)16-9;;;;/h2*9H,6-8H2,1-5H3;4*1H4. The van der Waals surface area contributed by atoms with Crippen molar-refractivity contribution >= 4 is 11.9 Å². The minimum atomic E-state index is -0.558. The van der Waals surface area contributed by atoms with Gasteiger partial charge in [0, 0.05) is 0 Å². The van der Waals surface area contributed by atoms with E-state index in [1.54, 1.807) is 0 Å². The molecule has 2 heterocycles. The molecule has 0 aromatic heterocycles. The quantitative estimate of drug-likeness (QED) is 0.321. The highest BCUT2D eigenvalue weighted by Crippen LogP contribution is 2.26. The molecule has 2 rings (SSSR count). The molecule has 0 saturated carbocycles. The number of ether oxygens (including phenoxy) is 6. The monoisotopic (exact) mass is 524 g/mol. The molecular formula is C28H60O8. The highest BCUT2D eigenvalue weighted by Gasteiger charge is 2.36. The fraction of sp³-hybridized carbons (Fsp3) is 0.929. The second-order valence-electron chi connectivity index (χ2n) is 10.6. The van der Waals surface area contributed by atoms with Crippen molar-refractivity contribution in [3.05, 3.63) is 0 Å². The van der Waals surface area contributed by atoms with E-state index in [1.807, 2.05) is 69.2 Å². The van der Waals surface area contributed by atoms with Gasteiger partial charge in [-0.2, -0.15) is 0 Å². The third-order valence-corrected chi connectivity index (χ3v) is 5.81. The molecule has 0 aromatic carbocycles. The SMILES string of the molecule is C.C.C.C.CCC(C)(C)C(=O)OCC1COC(C)(C)O1.CCC(C)(C)C(=O)OCC1COC(C)(C)O1. The summed E-state index contributed by atoms with van der Waals surface area (Å²) >= 11 is 0. The van der Waals surface area contributed by atoms with Crippen molar-refractivity contribution in [1.29, 1.82) is 0 Å². The summed E-state index contributed by atoms with van der Waals surface area (Å²) in [4.78, 5) is 23.4. The lowest BCUT2D eigenvalue weighted by Crippen LogP contribution is -2.30. The van der Waals surface area contributed by atoms with Gasteiger partial charge in [0.05, 0.1) is 24.0 Å². The molecule has 2 unspecified atom stereocenters. The summed E-state index contributed by atoms with van der Waals surface area (Å²) in [6.45, 7) is 20.4. The van der Waals surface area contributed by atoms with Gasteiger partial charge in [0.25, 0.3) is 0 Å². The molecule has 0 aromatic rings. The normalized spacial score (nSPS) is 21.7. The predicted octanol–water partition coefficient (Wildman–Crippen LogP) is 6.78. The Morgan fingerprint density at radius 1 is 0.694 bits per heavy atom. The van der Waals surface area contributed by atoms with E-state index in [1.165, 1.54) is 0 Å². The molecule has 2 saturated heterocycles. The Hall–Kier alpha value is -1.22. The lowest BCUT2D eigenvalue weighted by Gasteiger charge is -2.22. The summed E-state index contributed by atoms with van der Waals surface area (Å²) in [5.74, 6) is -1.47. The molecule has 0 amide bonds. The van der Waals surface area contributed by atoms with E-state index in [-0.39, 0.29) is 67.1 Å². The first-order valence-electron chi connectivity index (χ1n) is 11.5. The van der Waals surface area contributed by atoms with E-state index >= 15 is 0 Å². The fourth-order valence-corrected chi connectivity index (χ4v) is 2.71. The number of hydrogen-bond acceptors (Lipinski definition) is 8. The van der Waals surface area contributed by atoms with Gasteiger partial charge in [0.2, 0.25) is 0 Å². The largest absolute Gasteiger partial charge is 0.462 e. The summed E-state index contributed by atoms with van der Waals surface area (Å²) in [6, 6.07) is 0. The van der Waals surface area contributed by atoms with Crippen molar-refractivity contribution in [2.24, 2.45) is 10.8 Å². The van der Waals surface area contributed by atoms with Crippen LogP contribution in [0.5, 0.6) is 0 Å². The van der Waals surface area contributed by atoms with Crippen LogP contribution < -0.4 is 0 Å². The third kappa shape index (κ3) is 13.9. The van der Waals surface area contributed by atoms with Crippen molar-refractivity contribution in [2.75, 3.05) is 26.4 Å². The molecule has 2 fully saturated rings. The molecule has 0 N–H and O–H groups in total. The van der Waals surface area contributed by atoms with E-state index < -0.39 is 22.4 Å².